The number of carbonyl (C=O) groups excluding carboxylic acids is 1. The summed E-state index contributed by atoms with van der Waals surface area (Å²) in [5.74, 6) is 1.06. The molecule has 0 spiro atoms. The van der Waals surface area contributed by atoms with E-state index in [0.717, 1.165) is 19.5 Å². The van der Waals surface area contributed by atoms with Crippen LogP contribution in [0.15, 0.2) is 0 Å². The van der Waals surface area contributed by atoms with Crippen LogP contribution in [0, 0.1) is 5.92 Å². The highest BCUT2D eigenvalue weighted by Gasteiger charge is 2.32. The van der Waals surface area contributed by atoms with Crippen molar-refractivity contribution in [3.8, 4) is 0 Å². The minimum Gasteiger partial charge on any atom is -0.339 e. The third kappa shape index (κ3) is 2.57. The summed E-state index contributed by atoms with van der Waals surface area (Å²) in [7, 11) is 0. The first-order valence-electron chi connectivity index (χ1n) is 6.73. The SMILES string of the molecule is CCC1CC(C)CN1C(=O)CC1CCCN1. The van der Waals surface area contributed by atoms with Gasteiger partial charge >= 0.3 is 0 Å². The van der Waals surface area contributed by atoms with Crippen LogP contribution in [0.3, 0.4) is 0 Å². The number of rotatable bonds is 3. The van der Waals surface area contributed by atoms with Gasteiger partial charge in [-0.2, -0.15) is 0 Å². The maximum atomic E-state index is 12.2. The first-order valence-corrected chi connectivity index (χ1v) is 6.73. The predicted octanol–water partition coefficient (Wildman–Crippen LogP) is 1.78. The van der Waals surface area contributed by atoms with Crippen molar-refractivity contribution in [1.29, 1.82) is 0 Å². The van der Waals surface area contributed by atoms with E-state index in [1.54, 1.807) is 0 Å². The Kier molecular flexibility index (Phi) is 3.85. The molecule has 2 rings (SSSR count). The van der Waals surface area contributed by atoms with Gasteiger partial charge in [-0.25, -0.2) is 0 Å². The summed E-state index contributed by atoms with van der Waals surface area (Å²) in [5.41, 5.74) is 0. The van der Waals surface area contributed by atoms with Crippen molar-refractivity contribution in [1.82, 2.24) is 10.2 Å². The van der Waals surface area contributed by atoms with Crippen LogP contribution in [-0.2, 0) is 4.79 Å². The van der Waals surface area contributed by atoms with Crippen molar-refractivity contribution in [2.45, 2.75) is 58.0 Å². The number of nitrogens with zero attached hydrogens (tertiary/aromatic N) is 1. The lowest BCUT2D eigenvalue weighted by Crippen LogP contribution is -2.38. The van der Waals surface area contributed by atoms with E-state index in [-0.39, 0.29) is 0 Å². The average Bonchev–Trinajstić information content (AvgIpc) is 2.86. The fraction of sp³-hybridized carbons (Fsp3) is 0.923. The van der Waals surface area contributed by atoms with Crippen LogP contribution < -0.4 is 5.32 Å². The van der Waals surface area contributed by atoms with E-state index in [1.165, 1.54) is 19.3 Å². The molecule has 3 unspecified atom stereocenters. The van der Waals surface area contributed by atoms with Gasteiger partial charge in [0.25, 0.3) is 0 Å². The molecule has 3 atom stereocenters. The summed E-state index contributed by atoms with van der Waals surface area (Å²) in [6, 6.07) is 0.949. The molecule has 0 aromatic carbocycles. The number of likely N-dealkylation sites (tertiary alicyclic amines) is 1. The minimum absolute atomic E-state index is 0.371. The van der Waals surface area contributed by atoms with Crippen LogP contribution in [0.25, 0.3) is 0 Å². The number of hydrogen-bond acceptors (Lipinski definition) is 2. The average molecular weight is 224 g/mol. The molecule has 16 heavy (non-hydrogen) atoms. The highest BCUT2D eigenvalue weighted by Crippen LogP contribution is 2.26. The Bertz CT molecular complexity index is 248. The third-order valence-electron chi connectivity index (χ3n) is 4.00. The molecule has 0 saturated carbocycles. The largest absolute Gasteiger partial charge is 0.339 e. The first-order chi connectivity index (χ1) is 7.70. The van der Waals surface area contributed by atoms with Crippen molar-refractivity contribution in [3.63, 3.8) is 0 Å². The fourth-order valence-electron chi connectivity index (χ4n) is 3.10. The zero-order chi connectivity index (χ0) is 11.5. The molecule has 2 aliphatic heterocycles. The topological polar surface area (TPSA) is 32.3 Å². The molecular weight excluding hydrogens is 200 g/mol. The Labute approximate surface area is 98.6 Å². The maximum Gasteiger partial charge on any atom is 0.224 e. The van der Waals surface area contributed by atoms with Crippen LogP contribution >= 0.6 is 0 Å². The lowest BCUT2D eigenvalue weighted by molar-refractivity contribution is -0.132. The van der Waals surface area contributed by atoms with E-state index in [9.17, 15) is 4.79 Å². The van der Waals surface area contributed by atoms with Gasteiger partial charge in [0.2, 0.25) is 5.91 Å². The lowest BCUT2D eigenvalue weighted by Gasteiger charge is -2.25. The highest BCUT2D eigenvalue weighted by molar-refractivity contribution is 5.77. The van der Waals surface area contributed by atoms with E-state index in [0.29, 0.717) is 30.3 Å². The normalized spacial score (nSPS) is 34.6. The second-order valence-electron chi connectivity index (χ2n) is 5.45. The molecule has 3 nitrogen and oxygen atoms in total. The van der Waals surface area contributed by atoms with Gasteiger partial charge in [0, 0.05) is 25.0 Å². The number of carbonyl (C=O) groups is 1. The predicted molar refractivity (Wildman–Crippen MR) is 65.2 cm³/mol. The van der Waals surface area contributed by atoms with Gasteiger partial charge < -0.3 is 10.2 Å². The Morgan fingerprint density at radius 1 is 1.50 bits per heavy atom. The number of hydrogen-bond donors (Lipinski definition) is 1. The van der Waals surface area contributed by atoms with E-state index in [4.69, 9.17) is 0 Å². The highest BCUT2D eigenvalue weighted by atomic mass is 16.2. The molecule has 92 valence electrons. The Morgan fingerprint density at radius 2 is 2.31 bits per heavy atom. The molecule has 2 aliphatic rings. The summed E-state index contributed by atoms with van der Waals surface area (Å²) in [6.07, 6.45) is 5.41. The van der Waals surface area contributed by atoms with Crippen molar-refractivity contribution >= 4 is 5.91 Å². The zero-order valence-electron chi connectivity index (χ0n) is 10.5. The van der Waals surface area contributed by atoms with Gasteiger partial charge in [-0.05, 0) is 38.1 Å². The van der Waals surface area contributed by atoms with Crippen molar-refractivity contribution in [2.75, 3.05) is 13.1 Å². The quantitative estimate of drug-likeness (QED) is 0.792. The third-order valence-corrected chi connectivity index (χ3v) is 4.00. The summed E-state index contributed by atoms with van der Waals surface area (Å²) < 4.78 is 0. The summed E-state index contributed by atoms with van der Waals surface area (Å²) in [6.45, 7) is 6.51. The van der Waals surface area contributed by atoms with Gasteiger partial charge in [-0.1, -0.05) is 13.8 Å². The van der Waals surface area contributed by atoms with E-state index in [2.05, 4.69) is 24.1 Å². The van der Waals surface area contributed by atoms with Crippen molar-refractivity contribution in [2.24, 2.45) is 5.92 Å². The second kappa shape index (κ2) is 5.17. The zero-order valence-corrected chi connectivity index (χ0v) is 10.5. The maximum absolute atomic E-state index is 12.2. The van der Waals surface area contributed by atoms with Crippen LogP contribution in [0.4, 0.5) is 0 Å². The monoisotopic (exact) mass is 224 g/mol. The van der Waals surface area contributed by atoms with E-state index >= 15 is 0 Å². The summed E-state index contributed by atoms with van der Waals surface area (Å²) in [5, 5.41) is 3.41. The van der Waals surface area contributed by atoms with Crippen LogP contribution in [0.5, 0.6) is 0 Å². The number of amides is 1. The summed E-state index contributed by atoms with van der Waals surface area (Å²) in [4.78, 5) is 14.3. The van der Waals surface area contributed by atoms with E-state index < -0.39 is 0 Å². The van der Waals surface area contributed by atoms with Gasteiger partial charge in [-0.3, -0.25) is 4.79 Å². The van der Waals surface area contributed by atoms with Crippen molar-refractivity contribution < 1.29 is 4.79 Å². The fourth-order valence-corrected chi connectivity index (χ4v) is 3.10. The van der Waals surface area contributed by atoms with E-state index in [1.807, 2.05) is 0 Å². The Morgan fingerprint density at radius 3 is 2.94 bits per heavy atom. The standard InChI is InChI=1S/C13H24N2O/c1-3-12-7-10(2)9-15(12)13(16)8-11-5-4-6-14-11/h10-12,14H,3-9H2,1-2H3. The molecule has 3 heteroatoms. The molecule has 1 N–H and O–H groups in total. The second-order valence-corrected chi connectivity index (χ2v) is 5.45. The molecule has 0 aromatic rings. The van der Waals surface area contributed by atoms with Crippen LogP contribution in [-0.4, -0.2) is 36.0 Å². The smallest absolute Gasteiger partial charge is 0.224 e. The molecule has 0 aromatic heterocycles. The molecule has 1 amide bonds. The minimum atomic E-state index is 0.371. The molecule has 2 fully saturated rings. The molecule has 2 saturated heterocycles. The van der Waals surface area contributed by atoms with Gasteiger partial charge in [0.15, 0.2) is 0 Å². The lowest BCUT2D eigenvalue weighted by atomic mass is 10.1. The van der Waals surface area contributed by atoms with Gasteiger partial charge in [0.1, 0.15) is 0 Å². The Balaban J connectivity index is 1.87. The molecule has 0 bridgehead atoms. The van der Waals surface area contributed by atoms with Crippen LogP contribution in [0.1, 0.15) is 46.0 Å². The Hall–Kier alpha value is -0.570. The van der Waals surface area contributed by atoms with Crippen LogP contribution in [0.2, 0.25) is 0 Å². The summed E-state index contributed by atoms with van der Waals surface area (Å²) >= 11 is 0. The first kappa shape index (κ1) is 11.9. The van der Waals surface area contributed by atoms with Gasteiger partial charge in [-0.15, -0.1) is 0 Å². The van der Waals surface area contributed by atoms with Crippen molar-refractivity contribution in [3.05, 3.63) is 0 Å². The molecular formula is C13H24N2O. The molecule has 0 radical (unpaired) electrons. The molecule has 2 heterocycles. The van der Waals surface area contributed by atoms with Gasteiger partial charge in [0.05, 0.1) is 0 Å². The molecule has 0 aliphatic carbocycles. The number of nitrogens with one attached hydrogen (secondary N) is 1.